The normalized spacial score (nSPS) is 16.1. The Morgan fingerprint density at radius 3 is 2.39 bits per heavy atom. The molecule has 1 aliphatic rings. The first kappa shape index (κ1) is 18.7. The van der Waals surface area contributed by atoms with Crippen LogP contribution in [0.3, 0.4) is 0 Å². The third-order valence-corrected chi connectivity index (χ3v) is 7.29. The second-order valence-corrected chi connectivity index (χ2v) is 8.99. The minimum atomic E-state index is -4.02. The molecule has 2 aromatic carbocycles. The average Bonchev–Trinajstić information content (AvgIpc) is 3.16. The van der Waals surface area contributed by atoms with Gasteiger partial charge in [0.2, 0.25) is 21.8 Å². The maximum atomic E-state index is 13.0. The van der Waals surface area contributed by atoms with Crippen molar-refractivity contribution in [2.75, 3.05) is 19.6 Å². The second-order valence-electron chi connectivity index (χ2n) is 6.33. The molecule has 2 heterocycles. The van der Waals surface area contributed by atoms with Crippen molar-refractivity contribution < 1.29 is 18.0 Å². The van der Waals surface area contributed by atoms with Gasteiger partial charge in [0.1, 0.15) is 10.4 Å². The van der Waals surface area contributed by atoms with Crippen LogP contribution in [0.4, 0.5) is 0 Å². The summed E-state index contributed by atoms with van der Waals surface area (Å²) in [5, 5.41) is 3.88. The number of hydrogen-bond donors (Lipinski definition) is 0. The number of carbonyl (C=O) groups is 2. The summed E-state index contributed by atoms with van der Waals surface area (Å²) < 4.78 is 31.2. The van der Waals surface area contributed by atoms with Gasteiger partial charge in [-0.25, -0.2) is 8.42 Å². The average molecular weight is 416 g/mol. The molecule has 8 nitrogen and oxygen atoms in total. The molecule has 0 saturated carbocycles. The predicted octanol–water partition coefficient (Wildman–Crippen LogP) is 1.29. The summed E-state index contributed by atoms with van der Waals surface area (Å²) >= 11 is 0.965. The van der Waals surface area contributed by atoms with Gasteiger partial charge in [-0.15, -0.1) is 5.10 Å². The van der Waals surface area contributed by atoms with E-state index < -0.39 is 21.8 Å². The standard InChI is InChI=1S/C18H16N4O4S2/c23-16-11-21(12-17(24)22(16)10-9-13-5-2-1-3-6-13)28(25,26)15-8-4-7-14-18(15)27-20-19-14/h1-8H,9-12H2. The number of imide groups is 1. The van der Waals surface area contributed by atoms with E-state index in [0.29, 0.717) is 16.6 Å². The lowest BCUT2D eigenvalue weighted by molar-refractivity contribution is -0.149. The van der Waals surface area contributed by atoms with E-state index in [9.17, 15) is 18.0 Å². The van der Waals surface area contributed by atoms with Crippen LogP contribution in [0.1, 0.15) is 5.56 Å². The first-order valence-electron chi connectivity index (χ1n) is 8.55. The van der Waals surface area contributed by atoms with Gasteiger partial charge >= 0.3 is 0 Å². The Labute approximate surface area is 165 Å². The number of sulfonamides is 1. The Bertz CT molecular complexity index is 1130. The number of piperazine rings is 1. The van der Waals surface area contributed by atoms with Gasteiger partial charge in [0.15, 0.2) is 0 Å². The summed E-state index contributed by atoms with van der Waals surface area (Å²) in [4.78, 5) is 26.2. The van der Waals surface area contributed by atoms with E-state index in [4.69, 9.17) is 0 Å². The second kappa shape index (κ2) is 7.38. The number of rotatable bonds is 5. The molecule has 0 aliphatic carbocycles. The molecule has 0 unspecified atom stereocenters. The largest absolute Gasteiger partial charge is 0.280 e. The molecule has 28 heavy (non-hydrogen) atoms. The topological polar surface area (TPSA) is 101 Å². The number of fused-ring (bicyclic) bond motifs is 1. The highest BCUT2D eigenvalue weighted by molar-refractivity contribution is 7.89. The van der Waals surface area contributed by atoms with Crippen molar-refractivity contribution in [1.82, 2.24) is 18.8 Å². The molecule has 4 rings (SSSR count). The summed E-state index contributed by atoms with van der Waals surface area (Å²) in [6, 6.07) is 14.2. The van der Waals surface area contributed by atoms with Crippen molar-refractivity contribution in [3.05, 3.63) is 54.1 Å². The van der Waals surface area contributed by atoms with E-state index >= 15 is 0 Å². The summed E-state index contributed by atoms with van der Waals surface area (Å²) in [6.07, 6.45) is 0.525. The zero-order chi connectivity index (χ0) is 19.7. The fourth-order valence-electron chi connectivity index (χ4n) is 3.09. The van der Waals surface area contributed by atoms with E-state index in [1.165, 1.54) is 6.07 Å². The Balaban J connectivity index is 1.53. The maximum absolute atomic E-state index is 13.0. The number of carbonyl (C=O) groups excluding carboxylic acids is 2. The minimum absolute atomic E-state index is 0.0123. The Morgan fingerprint density at radius 2 is 1.68 bits per heavy atom. The van der Waals surface area contributed by atoms with Crippen molar-refractivity contribution in [1.29, 1.82) is 0 Å². The highest BCUT2D eigenvalue weighted by Crippen LogP contribution is 2.28. The van der Waals surface area contributed by atoms with Gasteiger partial charge < -0.3 is 0 Å². The lowest BCUT2D eigenvalue weighted by Gasteiger charge is -2.32. The lowest BCUT2D eigenvalue weighted by Crippen LogP contribution is -2.55. The number of nitrogens with zero attached hydrogens (tertiary/aromatic N) is 4. The van der Waals surface area contributed by atoms with Gasteiger partial charge in [-0.3, -0.25) is 14.5 Å². The summed E-state index contributed by atoms with van der Waals surface area (Å²) in [7, 11) is -4.02. The predicted molar refractivity (Wildman–Crippen MR) is 103 cm³/mol. The molecule has 3 aromatic rings. The molecule has 0 N–H and O–H groups in total. The molecule has 0 radical (unpaired) electrons. The van der Waals surface area contributed by atoms with Crippen LogP contribution in [0, 0.1) is 0 Å². The van der Waals surface area contributed by atoms with Gasteiger partial charge in [-0.2, -0.15) is 4.31 Å². The summed E-state index contributed by atoms with van der Waals surface area (Å²) in [6.45, 7) is -0.513. The molecular formula is C18H16N4O4S2. The van der Waals surface area contributed by atoms with E-state index in [-0.39, 0.29) is 24.5 Å². The van der Waals surface area contributed by atoms with E-state index in [1.54, 1.807) is 12.1 Å². The molecule has 0 bridgehead atoms. The molecule has 10 heteroatoms. The number of benzene rings is 2. The van der Waals surface area contributed by atoms with Gasteiger partial charge in [0.25, 0.3) is 0 Å². The van der Waals surface area contributed by atoms with Crippen LogP contribution in [-0.2, 0) is 26.0 Å². The van der Waals surface area contributed by atoms with E-state index in [1.807, 2.05) is 30.3 Å². The number of amides is 2. The molecule has 1 saturated heterocycles. The Kier molecular flexibility index (Phi) is 4.92. The monoisotopic (exact) mass is 416 g/mol. The number of aromatic nitrogens is 2. The summed E-state index contributed by atoms with van der Waals surface area (Å²) in [5.74, 6) is -1.05. The molecule has 2 amide bonds. The third-order valence-electron chi connectivity index (χ3n) is 4.55. The molecule has 144 valence electrons. The first-order chi connectivity index (χ1) is 13.5. The lowest BCUT2D eigenvalue weighted by atomic mass is 10.1. The minimum Gasteiger partial charge on any atom is -0.280 e. The quantitative estimate of drug-likeness (QED) is 0.581. The zero-order valence-corrected chi connectivity index (χ0v) is 16.3. The van der Waals surface area contributed by atoms with Crippen molar-refractivity contribution in [3.63, 3.8) is 0 Å². The van der Waals surface area contributed by atoms with Crippen molar-refractivity contribution in [2.45, 2.75) is 11.3 Å². The molecule has 0 atom stereocenters. The van der Waals surface area contributed by atoms with E-state index in [2.05, 4.69) is 9.59 Å². The van der Waals surface area contributed by atoms with Gasteiger partial charge in [-0.1, -0.05) is 40.9 Å². The smallest absolute Gasteiger partial charge is 0.245 e. The van der Waals surface area contributed by atoms with Gasteiger partial charge in [-0.05, 0) is 35.6 Å². The van der Waals surface area contributed by atoms with Gasteiger partial charge in [0, 0.05) is 6.54 Å². The van der Waals surface area contributed by atoms with Crippen molar-refractivity contribution in [3.8, 4) is 0 Å². The fourth-order valence-corrected chi connectivity index (χ4v) is 5.52. The van der Waals surface area contributed by atoms with Crippen LogP contribution in [0.25, 0.3) is 10.2 Å². The Morgan fingerprint density at radius 1 is 0.964 bits per heavy atom. The fraction of sp³-hybridized carbons (Fsp3) is 0.222. The molecule has 1 fully saturated rings. The first-order valence-corrected chi connectivity index (χ1v) is 10.8. The molecular weight excluding hydrogens is 400 g/mol. The van der Waals surface area contributed by atoms with Crippen LogP contribution in [0.5, 0.6) is 0 Å². The van der Waals surface area contributed by atoms with Crippen LogP contribution < -0.4 is 0 Å². The van der Waals surface area contributed by atoms with Crippen molar-refractivity contribution in [2.24, 2.45) is 0 Å². The Hall–Kier alpha value is -2.69. The van der Waals surface area contributed by atoms with Crippen molar-refractivity contribution >= 4 is 43.6 Å². The zero-order valence-electron chi connectivity index (χ0n) is 14.7. The summed E-state index contributed by atoms with van der Waals surface area (Å²) in [5.41, 5.74) is 1.47. The third kappa shape index (κ3) is 3.41. The number of hydrogen-bond acceptors (Lipinski definition) is 7. The highest BCUT2D eigenvalue weighted by atomic mass is 32.2. The molecule has 1 aliphatic heterocycles. The van der Waals surface area contributed by atoms with Crippen LogP contribution in [0.15, 0.2) is 53.4 Å². The van der Waals surface area contributed by atoms with Crippen LogP contribution >= 0.6 is 11.5 Å². The van der Waals surface area contributed by atoms with Crippen LogP contribution in [0.2, 0.25) is 0 Å². The van der Waals surface area contributed by atoms with Crippen LogP contribution in [-0.4, -0.2) is 58.7 Å². The molecule has 0 spiro atoms. The maximum Gasteiger partial charge on any atom is 0.245 e. The van der Waals surface area contributed by atoms with E-state index in [0.717, 1.165) is 26.3 Å². The van der Waals surface area contributed by atoms with Gasteiger partial charge in [0.05, 0.1) is 17.8 Å². The highest BCUT2D eigenvalue weighted by Gasteiger charge is 2.38. The SMILES string of the molecule is O=C1CN(S(=O)(=O)c2cccc3nnsc23)CC(=O)N1CCc1ccccc1. The molecule has 1 aromatic heterocycles.